The van der Waals surface area contributed by atoms with Crippen molar-refractivity contribution in [2.45, 2.75) is 52.4 Å². The van der Waals surface area contributed by atoms with E-state index in [1.54, 1.807) is 0 Å². The number of carbonyl (C=O) groups is 1. The molecule has 0 spiro atoms. The molecule has 1 rings (SSSR count). The predicted octanol–water partition coefficient (Wildman–Crippen LogP) is 2.84. The number of piperidine rings is 1. The van der Waals surface area contributed by atoms with Crippen molar-refractivity contribution in [2.75, 3.05) is 26.2 Å². The molecule has 0 amide bonds. The Labute approximate surface area is 106 Å². The van der Waals surface area contributed by atoms with E-state index in [1.807, 2.05) is 6.92 Å². The Balaban J connectivity index is 1.92. The molecular formula is C14H27NO2. The average Bonchev–Trinajstić information content (AvgIpc) is 2.31. The van der Waals surface area contributed by atoms with E-state index in [1.165, 1.54) is 38.9 Å². The molecule has 0 saturated carbocycles. The molecule has 1 aliphatic heterocycles. The van der Waals surface area contributed by atoms with E-state index in [2.05, 4.69) is 11.8 Å². The summed E-state index contributed by atoms with van der Waals surface area (Å²) in [4.78, 5) is 13.7. The van der Waals surface area contributed by atoms with Crippen molar-refractivity contribution in [1.82, 2.24) is 4.90 Å². The van der Waals surface area contributed by atoms with Gasteiger partial charge in [0.2, 0.25) is 0 Å². The van der Waals surface area contributed by atoms with E-state index < -0.39 is 0 Å². The molecule has 0 N–H and O–H groups in total. The zero-order chi connectivity index (χ0) is 12.5. The highest BCUT2D eigenvalue weighted by molar-refractivity contribution is 5.69. The van der Waals surface area contributed by atoms with Crippen molar-refractivity contribution in [3.8, 4) is 0 Å². The van der Waals surface area contributed by atoms with Crippen LogP contribution in [0.15, 0.2) is 0 Å². The number of unbranched alkanes of at least 4 members (excludes halogenated alkanes) is 2. The second-order valence-electron chi connectivity index (χ2n) is 5.14. The zero-order valence-corrected chi connectivity index (χ0v) is 11.4. The summed E-state index contributed by atoms with van der Waals surface area (Å²) >= 11 is 0. The predicted molar refractivity (Wildman–Crippen MR) is 69.9 cm³/mol. The van der Waals surface area contributed by atoms with Crippen molar-refractivity contribution < 1.29 is 9.53 Å². The molecule has 0 aromatic heterocycles. The van der Waals surface area contributed by atoms with E-state index in [0.29, 0.717) is 13.0 Å². The summed E-state index contributed by atoms with van der Waals surface area (Å²) in [5, 5.41) is 0. The first-order chi connectivity index (χ1) is 8.22. The molecule has 1 aliphatic rings. The van der Waals surface area contributed by atoms with Crippen LogP contribution in [-0.2, 0) is 9.53 Å². The lowest BCUT2D eigenvalue weighted by Gasteiger charge is -2.30. The van der Waals surface area contributed by atoms with Gasteiger partial charge in [-0.3, -0.25) is 4.79 Å². The van der Waals surface area contributed by atoms with E-state index in [-0.39, 0.29) is 5.97 Å². The van der Waals surface area contributed by atoms with Crippen molar-refractivity contribution in [1.29, 1.82) is 0 Å². The highest BCUT2D eigenvalue weighted by atomic mass is 16.5. The Morgan fingerprint density at radius 1 is 1.24 bits per heavy atom. The van der Waals surface area contributed by atoms with Gasteiger partial charge in [-0.2, -0.15) is 0 Å². The first-order valence-electron chi connectivity index (χ1n) is 7.10. The van der Waals surface area contributed by atoms with Gasteiger partial charge in [-0.15, -0.1) is 0 Å². The summed E-state index contributed by atoms with van der Waals surface area (Å²) in [5.74, 6) is 0.870. The maximum absolute atomic E-state index is 11.1. The maximum atomic E-state index is 11.1. The summed E-state index contributed by atoms with van der Waals surface area (Å²) in [5.41, 5.74) is 0. The molecular weight excluding hydrogens is 214 g/mol. The second kappa shape index (κ2) is 8.51. The molecule has 1 fully saturated rings. The summed E-state index contributed by atoms with van der Waals surface area (Å²) in [6.07, 6.45) is 6.62. The Hall–Kier alpha value is -0.570. The Bertz CT molecular complexity index is 210. The first-order valence-corrected chi connectivity index (χ1v) is 7.10. The van der Waals surface area contributed by atoms with Gasteiger partial charge in [0.15, 0.2) is 0 Å². The fraction of sp³-hybridized carbons (Fsp3) is 0.929. The van der Waals surface area contributed by atoms with E-state index in [4.69, 9.17) is 4.74 Å². The molecule has 3 heteroatoms. The van der Waals surface area contributed by atoms with Crippen LogP contribution in [-0.4, -0.2) is 37.1 Å². The minimum atomic E-state index is -0.0423. The van der Waals surface area contributed by atoms with Crippen molar-refractivity contribution in [3.05, 3.63) is 0 Å². The molecule has 0 unspecified atom stereocenters. The van der Waals surface area contributed by atoms with Crippen LogP contribution in [0.3, 0.4) is 0 Å². The summed E-state index contributed by atoms with van der Waals surface area (Å²) in [6, 6.07) is 0. The Morgan fingerprint density at radius 3 is 2.59 bits per heavy atom. The minimum absolute atomic E-state index is 0.0423. The molecule has 100 valence electrons. The van der Waals surface area contributed by atoms with Crippen LogP contribution in [0.2, 0.25) is 0 Å². The molecule has 0 radical (unpaired) electrons. The second-order valence-corrected chi connectivity index (χ2v) is 5.14. The Kier molecular flexibility index (Phi) is 7.25. The number of carbonyl (C=O) groups excluding carboxylic acids is 1. The van der Waals surface area contributed by atoms with Crippen molar-refractivity contribution in [3.63, 3.8) is 0 Å². The van der Waals surface area contributed by atoms with Crippen molar-refractivity contribution >= 4 is 5.97 Å². The van der Waals surface area contributed by atoms with Gasteiger partial charge in [-0.1, -0.05) is 13.3 Å². The van der Waals surface area contributed by atoms with Crippen LogP contribution in [0.1, 0.15) is 52.4 Å². The van der Waals surface area contributed by atoms with Crippen LogP contribution in [0, 0.1) is 5.92 Å². The molecule has 0 atom stereocenters. The summed E-state index contributed by atoms with van der Waals surface area (Å²) < 4.78 is 4.90. The van der Waals surface area contributed by atoms with Gasteiger partial charge in [-0.25, -0.2) is 0 Å². The van der Waals surface area contributed by atoms with Crippen LogP contribution >= 0.6 is 0 Å². The lowest BCUT2D eigenvalue weighted by Crippen LogP contribution is -2.33. The van der Waals surface area contributed by atoms with Crippen LogP contribution in [0.5, 0.6) is 0 Å². The fourth-order valence-corrected chi connectivity index (χ4v) is 2.30. The van der Waals surface area contributed by atoms with Gasteiger partial charge in [0.25, 0.3) is 0 Å². The van der Waals surface area contributed by atoms with E-state index >= 15 is 0 Å². The number of esters is 1. The summed E-state index contributed by atoms with van der Waals surface area (Å²) in [7, 11) is 0. The molecule has 1 heterocycles. The van der Waals surface area contributed by atoms with Crippen molar-refractivity contribution in [2.24, 2.45) is 5.92 Å². The molecule has 0 aliphatic carbocycles. The number of ether oxygens (including phenoxy) is 1. The normalized spacial score (nSPS) is 18.2. The van der Waals surface area contributed by atoms with Gasteiger partial charge < -0.3 is 9.64 Å². The van der Waals surface area contributed by atoms with Gasteiger partial charge in [0, 0.05) is 6.42 Å². The lowest BCUT2D eigenvalue weighted by molar-refractivity contribution is -0.143. The lowest BCUT2D eigenvalue weighted by atomic mass is 9.99. The highest BCUT2D eigenvalue weighted by Crippen LogP contribution is 2.16. The Morgan fingerprint density at radius 2 is 1.94 bits per heavy atom. The first kappa shape index (κ1) is 14.5. The third kappa shape index (κ3) is 6.67. The van der Waals surface area contributed by atoms with Crippen LogP contribution in [0.25, 0.3) is 0 Å². The maximum Gasteiger partial charge on any atom is 0.305 e. The smallest absolute Gasteiger partial charge is 0.305 e. The molecule has 17 heavy (non-hydrogen) atoms. The quantitative estimate of drug-likeness (QED) is 0.507. The van der Waals surface area contributed by atoms with Gasteiger partial charge >= 0.3 is 5.97 Å². The molecule has 0 bridgehead atoms. The largest absolute Gasteiger partial charge is 0.466 e. The molecule has 3 nitrogen and oxygen atoms in total. The van der Waals surface area contributed by atoms with Crippen LogP contribution in [0.4, 0.5) is 0 Å². The molecule has 0 aromatic rings. The third-order valence-corrected chi connectivity index (χ3v) is 3.54. The topological polar surface area (TPSA) is 29.5 Å². The SMILES string of the molecule is CCOC(=O)CCCCCN1CCC(C)CC1. The molecule has 0 aromatic carbocycles. The number of rotatable bonds is 7. The number of hydrogen-bond donors (Lipinski definition) is 0. The minimum Gasteiger partial charge on any atom is -0.466 e. The zero-order valence-electron chi connectivity index (χ0n) is 11.4. The fourth-order valence-electron chi connectivity index (χ4n) is 2.30. The van der Waals surface area contributed by atoms with Gasteiger partial charge in [0.1, 0.15) is 0 Å². The van der Waals surface area contributed by atoms with E-state index in [0.717, 1.165) is 18.8 Å². The summed E-state index contributed by atoms with van der Waals surface area (Å²) in [6.45, 7) is 8.43. The average molecular weight is 241 g/mol. The number of nitrogens with zero attached hydrogens (tertiary/aromatic N) is 1. The number of hydrogen-bond acceptors (Lipinski definition) is 3. The number of likely N-dealkylation sites (tertiary alicyclic amines) is 1. The van der Waals surface area contributed by atoms with Gasteiger partial charge in [0.05, 0.1) is 6.61 Å². The van der Waals surface area contributed by atoms with Gasteiger partial charge in [-0.05, 0) is 58.2 Å². The van der Waals surface area contributed by atoms with Crippen LogP contribution < -0.4 is 0 Å². The highest BCUT2D eigenvalue weighted by Gasteiger charge is 2.14. The monoisotopic (exact) mass is 241 g/mol. The molecule has 1 saturated heterocycles. The van der Waals surface area contributed by atoms with E-state index in [9.17, 15) is 4.79 Å². The third-order valence-electron chi connectivity index (χ3n) is 3.54. The standard InChI is InChI=1S/C14H27NO2/c1-3-17-14(16)7-5-4-6-10-15-11-8-13(2)9-12-15/h13H,3-12H2,1-2H3.